The Morgan fingerprint density at radius 1 is 1.30 bits per heavy atom. The van der Waals surface area contributed by atoms with Gasteiger partial charge in [0, 0.05) is 11.3 Å². The number of carbonyl (C=O) groups is 1. The monoisotopic (exact) mass is 330 g/mol. The molecule has 3 rings (SSSR count). The smallest absolute Gasteiger partial charge is 0.266 e. The number of H-pyrrole nitrogens is 1. The van der Waals surface area contributed by atoms with Crippen LogP contribution in [0.1, 0.15) is 35.1 Å². The number of hydrogen-bond donors (Lipinski definition) is 3. The summed E-state index contributed by atoms with van der Waals surface area (Å²) in [6.45, 7) is 3.93. The summed E-state index contributed by atoms with van der Waals surface area (Å²) < 4.78 is 0. The van der Waals surface area contributed by atoms with Crippen molar-refractivity contribution in [3.63, 3.8) is 0 Å². The quantitative estimate of drug-likeness (QED) is 0.683. The minimum Gasteiger partial charge on any atom is -0.506 e. The Labute approximate surface area is 135 Å². The average molecular weight is 330 g/mol. The zero-order valence-electron chi connectivity index (χ0n) is 12.5. The van der Waals surface area contributed by atoms with Crippen molar-refractivity contribution in [1.29, 1.82) is 0 Å². The molecule has 3 aromatic rings. The molecule has 0 spiro atoms. The molecule has 0 atom stereocenters. The van der Waals surface area contributed by atoms with Gasteiger partial charge in [0.05, 0.1) is 5.52 Å². The predicted molar refractivity (Wildman–Crippen MR) is 88.2 cm³/mol. The van der Waals surface area contributed by atoms with Crippen molar-refractivity contribution in [3.05, 3.63) is 45.2 Å². The molecule has 1 amide bonds. The van der Waals surface area contributed by atoms with Gasteiger partial charge < -0.3 is 10.1 Å². The van der Waals surface area contributed by atoms with E-state index >= 15 is 0 Å². The van der Waals surface area contributed by atoms with Gasteiger partial charge in [0.1, 0.15) is 16.3 Å². The van der Waals surface area contributed by atoms with Gasteiger partial charge >= 0.3 is 0 Å². The van der Waals surface area contributed by atoms with E-state index in [9.17, 15) is 14.7 Å². The number of amides is 1. The Kier molecular flexibility index (Phi) is 3.83. The number of hydrogen-bond acceptors (Lipinski definition) is 6. The van der Waals surface area contributed by atoms with Crippen LogP contribution >= 0.6 is 11.3 Å². The number of aromatic hydroxyl groups is 1. The normalized spacial score (nSPS) is 11.1. The lowest BCUT2D eigenvalue weighted by Crippen LogP contribution is -2.23. The SMILES string of the molecule is CC(C)c1nnc(NC(=O)c2c(O)c3ccccc3[nH]c2=O)s1. The molecule has 2 heterocycles. The molecule has 0 aliphatic rings. The maximum absolute atomic E-state index is 12.3. The standard InChI is InChI=1S/C15H14N4O3S/c1-7(2)14-18-19-15(23-14)17-13(22)10-11(20)8-5-3-4-6-9(8)16-12(10)21/h3-7H,1-2H3,(H2,16,20,21)(H,17,19,22). The maximum atomic E-state index is 12.3. The van der Waals surface area contributed by atoms with Crippen LogP contribution < -0.4 is 10.9 Å². The van der Waals surface area contributed by atoms with Gasteiger partial charge in [-0.2, -0.15) is 0 Å². The third-order valence-electron chi connectivity index (χ3n) is 3.28. The average Bonchev–Trinajstić information content (AvgIpc) is 2.96. The Balaban J connectivity index is 1.98. The van der Waals surface area contributed by atoms with Gasteiger partial charge in [-0.1, -0.05) is 37.3 Å². The molecule has 0 aliphatic carbocycles. The number of nitrogens with one attached hydrogen (secondary N) is 2. The van der Waals surface area contributed by atoms with E-state index in [2.05, 4.69) is 20.5 Å². The molecule has 0 fully saturated rings. The largest absolute Gasteiger partial charge is 0.506 e. The molecule has 3 N–H and O–H groups in total. The van der Waals surface area contributed by atoms with Crippen molar-refractivity contribution in [2.45, 2.75) is 19.8 Å². The molecule has 118 valence electrons. The molecule has 0 radical (unpaired) electrons. The fraction of sp³-hybridized carbons (Fsp3) is 0.200. The molecule has 2 aromatic heterocycles. The van der Waals surface area contributed by atoms with E-state index in [0.717, 1.165) is 5.01 Å². The number of para-hydroxylation sites is 1. The van der Waals surface area contributed by atoms with Gasteiger partial charge in [-0.15, -0.1) is 10.2 Å². The van der Waals surface area contributed by atoms with Gasteiger partial charge in [-0.05, 0) is 12.1 Å². The van der Waals surface area contributed by atoms with Gasteiger partial charge in [0.25, 0.3) is 11.5 Å². The highest BCUT2D eigenvalue weighted by atomic mass is 32.1. The highest BCUT2D eigenvalue weighted by Crippen LogP contribution is 2.26. The van der Waals surface area contributed by atoms with Crippen molar-refractivity contribution in [2.24, 2.45) is 0 Å². The van der Waals surface area contributed by atoms with Crippen LogP contribution in [0.15, 0.2) is 29.1 Å². The molecule has 0 aliphatic heterocycles. The first-order chi connectivity index (χ1) is 11.0. The van der Waals surface area contributed by atoms with E-state index in [1.165, 1.54) is 11.3 Å². The van der Waals surface area contributed by atoms with E-state index in [4.69, 9.17) is 0 Å². The van der Waals surface area contributed by atoms with Crippen LogP contribution in [-0.2, 0) is 0 Å². The fourth-order valence-corrected chi connectivity index (χ4v) is 2.86. The van der Waals surface area contributed by atoms with Crippen LogP contribution in [0.5, 0.6) is 5.75 Å². The molecule has 0 bridgehead atoms. The number of fused-ring (bicyclic) bond motifs is 1. The summed E-state index contributed by atoms with van der Waals surface area (Å²) in [4.78, 5) is 27.0. The van der Waals surface area contributed by atoms with Crippen LogP contribution in [0.2, 0.25) is 0 Å². The molecule has 1 aromatic carbocycles. The highest BCUT2D eigenvalue weighted by Gasteiger charge is 2.20. The molecule has 8 heteroatoms. The fourth-order valence-electron chi connectivity index (χ4n) is 2.11. The van der Waals surface area contributed by atoms with Gasteiger partial charge in [-0.25, -0.2) is 0 Å². The maximum Gasteiger partial charge on any atom is 0.266 e. The summed E-state index contributed by atoms with van der Waals surface area (Å²) >= 11 is 1.23. The number of benzene rings is 1. The van der Waals surface area contributed by atoms with Crippen molar-refractivity contribution < 1.29 is 9.90 Å². The Morgan fingerprint density at radius 2 is 2.04 bits per heavy atom. The molecular formula is C15H14N4O3S. The highest BCUT2D eigenvalue weighted by molar-refractivity contribution is 7.15. The molecule has 0 saturated heterocycles. The summed E-state index contributed by atoms with van der Waals surface area (Å²) in [6, 6.07) is 6.71. The summed E-state index contributed by atoms with van der Waals surface area (Å²) in [5, 5.41) is 22.1. The summed E-state index contributed by atoms with van der Waals surface area (Å²) in [6.07, 6.45) is 0. The molecule has 7 nitrogen and oxygen atoms in total. The van der Waals surface area contributed by atoms with E-state index in [-0.39, 0.29) is 22.4 Å². The van der Waals surface area contributed by atoms with Gasteiger partial charge in [0.2, 0.25) is 5.13 Å². The molecule has 0 unspecified atom stereocenters. The first kappa shape index (κ1) is 15.2. The third-order valence-corrected chi connectivity index (χ3v) is 4.42. The number of carbonyl (C=O) groups excluding carboxylic acids is 1. The number of rotatable bonds is 3. The van der Waals surface area contributed by atoms with E-state index in [0.29, 0.717) is 10.9 Å². The van der Waals surface area contributed by atoms with Gasteiger partial charge in [0.15, 0.2) is 0 Å². The van der Waals surface area contributed by atoms with E-state index < -0.39 is 11.5 Å². The van der Waals surface area contributed by atoms with Crippen molar-refractivity contribution in [3.8, 4) is 5.75 Å². The second kappa shape index (κ2) is 5.81. The number of aromatic amines is 1. The van der Waals surface area contributed by atoms with Crippen LogP contribution in [-0.4, -0.2) is 26.2 Å². The first-order valence-electron chi connectivity index (χ1n) is 6.96. The Hall–Kier alpha value is -2.74. The summed E-state index contributed by atoms with van der Waals surface area (Å²) in [5.41, 5.74) is -0.540. The van der Waals surface area contributed by atoms with Crippen LogP contribution in [0, 0.1) is 0 Å². The number of nitrogens with zero attached hydrogens (tertiary/aromatic N) is 2. The van der Waals surface area contributed by atoms with Crippen LogP contribution in [0.4, 0.5) is 5.13 Å². The molecule has 23 heavy (non-hydrogen) atoms. The summed E-state index contributed by atoms with van der Waals surface area (Å²) in [5.74, 6) is -0.882. The lowest BCUT2D eigenvalue weighted by Gasteiger charge is -2.06. The number of anilines is 1. The predicted octanol–water partition coefficient (Wildman–Crippen LogP) is 2.46. The summed E-state index contributed by atoms with van der Waals surface area (Å²) in [7, 11) is 0. The topological polar surface area (TPSA) is 108 Å². The van der Waals surface area contributed by atoms with E-state index in [1.54, 1.807) is 24.3 Å². The van der Waals surface area contributed by atoms with Crippen molar-refractivity contribution >= 4 is 33.3 Å². The minimum atomic E-state index is -0.721. The lowest BCUT2D eigenvalue weighted by molar-refractivity contribution is 0.102. The van der Waals surface area contributed by atoms with E-state index in [1.807, 2.05) is 13.8 Å². The lowest BCUT2D eigenvalue weighted by atomic mass is 10.1. The van der Waals surface area contributed by atoms with Crippen LogP contribution in [0.3, 0.4) is 0 Å². The Bertz CT molecular complexity index is 945. The molecule has 0 saturated carbocycles. The zero-order valence-corrected chi connectivity index (χ0v) is 13.3. The number of pyridine rings is 1. The minimum absolute atomic E-state index is 0.190. The van der Waals surface area contributed by atoms with Crippen molar-refractivity contribution in [2.75, 3.05) is 5.32 Å². The third kappa shape index (κ3) is 2.80. The zero-order chi connectivity index (χ0) is 16.6. The number of aromatic nitrogens is 3. The molecular weight excluding hydrogens is 316 g/mol. The second-order valence-electron chi connectivity index (χ2n) is 5.28. The van der Waals surface area contributed by atoms with Crippen LogP contribution in [0.25, 0.3) is 10.9 Å². The van der Waals surface area contributed by atoms with Gasteiger partial charge in [-0.3, -0.25) is 14.9 Å². The van der Waals surface area contributed by atoms with Crippen molar-refractivity contribution in [1.82, 2.24) is 15.2 Å². The second-order valence-corrected chi connectivity index (χ2v) is 6.29. The Morgan fingerprint density at radius 3 is 2.74 bits per heavy atom. The first-order valence-corrected chi connectivity index (χ1v) is 7.77.